The maximum absolute atomic E-state index is 11.3. The molecular weight excluding hydrogens is 188 g/mol. The average molecular weight is 214 g/mol. The molecule has 0 saturated carbocycles. The SMILES string of the molecule is CNC(=O)C(C)NC(C)CCCC(C)C. The Morgan fingerprint density at radius 3 is 2.20 bits per heavy atom. The topological polar surface area (TPSA) is 41.1 Å². The van der Waals surface area contributed by atoms with Gasteiger partial charge in [-0.2, -0.15) is 0 Å². The van der Waals surface area contributed by atoms with Crippen LogP contribution in [-0.2, 0) is 4.79 Å². The summed E-state index contributed by atoms with van der Waals surface area (Å²) in [5.41, 5.74) is 0. The maximum Gasteiger partial charge on any atom is 0.236 e. The lowest BCUT2D eigenvalue weighted by molar-refractivity contribution is -0.122. The zero-order valence-electron chi connectivity index (χ0n) is 10.8. The van der Waals surface area contributed by atoms with E-state index in [1.54, 1.807) is 7.05 Å². The van der Waals surface area contributed by atoms with E-state index >= 15 is 0 Å². The first-order valence-corrected chi connectivity index (χ1v) is 5.95. The lowest BCUT2D eigenvalue weighted by Gasteiger charge is -2.19. The van der Waals surface area contributed by atoms with Crippen LogP contribution in [0.4, 0.5) is 0 Å². The number of rotatable bonds is 7. The summed E-state index contributed by atoms with van der Waals surface area (Å²) in [5, 5.41) is 5.94. The summed E-state index contributed by atoms with van der Waals surface area (Å²) in [6.45, 7) is 8.52. The van der Waals surface area contributed by atoms with E-state index in [4.69, 9.17) is 0 Å². The van der Waals surface area contributed by atoms with Crippen molar-refractivity contribution in [1.29, 1.82) is 0 Å². The second-order valence-corrected chi connectivity index (χ2v) is 4.73. The van der Waals surface area contributed by atoms with E-state index in [0.29, 0.717) is 6.04 Å². The van der Waals surface area contributed by atoms with Gasteiger partial charge in [-0.05, 0) is 26.2 Å². The van der Waals surface area contributed by atoms with Crippen LogP contribution in [0.3, 0.4) is 0 Å². The second kappa shape index (κ2) is 7.69. The molecule has 0 saturated heterocycles. The minimum atomic E-state index is -0.0935. The van der Waals surface area contributed by atoms with Crippen LogP contribution in [0.25, 0.3) is 0 Å². The molecule has 0 aromatic rings. The van der Waals surface area contributed by atoms with E-state index in [1.165, 1.54) is 12.8 Å². The van der Waals surface area contributed by atoms with Crippen molar-refractivity contribution in [3.05, 3.63) is 0 Å². The van der Waals surface area contributed by atoms with Crippen LogP contribution < -0.4 is 10.6 Å². The summed E-state index contributed by atoms with van der Waals surface area (Å²) >= 11 is 0. The van der Waals surface area contributed by atoms with E-state index in [1.807, 2.05) is 6.92 Å². The summed E-state index contributed by atoms with van der Waals surface area (Å²) in [5.74, 6) is 0.833. The molecule has 2 atom stereocenters. The minimum Gasteiger partial charge on any atom is -0.358 e. The van der Waals surface area contributed by atoms with Gasteiger partial charge in [0.25, 0.3) is 0 Å². The smallest absolute Gasteiger partial charge is 0.236 e. The van der Waals surface area contributed by atoms with Crippen LogP contribution in [0.15, 0.2) is 0 Å². The molecule has 0 aromatic heterocycles. The first kappa shape index (κ1) is 14.4. The summed E-state index contributed by atoms with van der Waals surface area (Å²) in [6, 6.07) is 0.320. The van der Waals surface area contributed by atoms with Crippen LogP contribution in [0, 0.1) is 5.92 Å². The number of amides is 1. The van der Waals surface area contributed by atoms with Crippen LogP contribution >= 0.6 is 0 Å². The molecule has 0 spiro atoms. The van der Waals surface area contributed by atoms with Gasteiger partial charge in [0.05, 0.1) is 6.04 Å². The molecule has 3 nitrogen and oxygen atoms in total. The third-order valence-electron chi connectivity index (χ3n) is 2.59. The molecule has 0 bridgehead atoms. The van der Waals surface area contributed by atoms with Crippen LogP contribution in [0.5, 0.6) is 0 Å². The first-order chi connectivity index (χ1) is 6.97. The van der Waals surface area contributed by atoms with Crippen molar-refractivity contribution >= 4 is 5.91 Å². The molecule has 0 aliphatic carbocycles. The van der Waals surface area contributed by atoms with Gasteiger partial charge in [-0.1, -0.05) is 26.7 Å². The van der Waals surface area contributed by atoms with E-state index in [-0.39, 0.29) is 11.9 Å². The molecule has 90 valence electrons. The number of carbonyl (C=O) groups is 1. The predicted molar refractivity (Wildman–Crippen MR) is 64.8 cm³/mol. The van der Waals surface area contributed by atoms with Gasteiger partial charge in [0.15, 0.2) is 0 Å². The number of likely N-dealkylation sites (N-methyl/N-ethyl adjacent to an activating group) is 1. The zero-order chi connectivity index (χ0) is 11.8. The molecule has 15 heavy (non-hydrogen) atoms. The molecule has 0 aromatic carbocycles. The Kier molecular flexibility index (Phi) is 7.39. The summed E-state index contributed by atoms with van der Waals surface area (Å²) < 4.78 is 0. The Hall–Kier alpha value is -0.570. The highest BCUT2D eigenvalue weighted by Gasteiger charge is 2.13. The van der Waals surface area contributed by atoms with Crippen molar-refractivity contribution in [3.63, 3.8) is 0 Å². The second-order valence-electron chi connectivity index (χ2n) is 4.73. The largest absolute Gasteiger partial charge is 0.358 e. The quantitative estimate of drug-likeness (QED) is 0.680. The highest BCUT2D eigenvalue weighted by atomic mass is 16.2. The van der Waals surface area contributed by atoms with Gasteiger partial charge >= 0.3 is 0 Å². The maximum atomic E-state index is 11.3. The zero-order valence-corrected chi connectivity index (χ0v) is 10.8. The number of carbonyl (C=O) groups excluding carboxylic acids is 1. The fraction of sp³-hybridized carbons (Fsp3) is 0.917. The Morgan fingerprint density at radius 1 is 1.13 bits per heavy atom. The molecule has 0 aliphatic heterocycles. The van der Waals surface area contributed by atoms with Gasteiger partial charge in [0, 0.05) is 13.1 Å². The molecular formula is C12H26N2O. The van der Waals surface area contributed by atoms with E-state index in [0.717, 1.165) is 12.3 Å². The Labute approximate surface area is 94.0 Å². The van der Waals surface area contributed by atoms with Crippen molar-refractivity contribution in [2.45, 2.75) is 59.0 Å². The van der Waals surface area contributed by atoms with Crippen molar-refractivity contribution in [1.82, 2.24) is 10.6 Å². The lowest BCUT2D eigenvalue weighted by atomic mass is 10.0. The number of hydrogen-bond acceptors (Lipinski definition) is 2. The average Bonchev–Trinajstić information content (AvgIpc) is 2.15. The molecule has 0 heterocycles. The lowest BCUT2D eigenvalue weighted by Crippen LogP contribution is -2.44. The van der Waals surface area contributed by atoms with Gasteiger partial charge in [-0.3, -0.25) is 4.79 Å². The van der Waals surface area contributed by atoms with Crippen molar-refractivity contribution in [2.24, 2.45) is 5.92 Å². The van der Waals surface area contributed by atoms with Gasteiger partial charge in [0.2, 0.25) is 5.91 Å². The molecule has 2 N–H and O–H groups in total. The fourth-order valence-corrected chi connectivity index (χ4v) is 1.63. The minimum absolute atomic E-state index is 0.0608. The third kappa shape index (κ3) is 7.37. The molecule has 3 heteroatoms. The van der Waals surface area contributed by atoms with Crippen molar-refractivity contribution < 1.29 is 4.79 Å². The van der Waals surface area contributed by atoms with Gasteiger partial charge in [0.1, 0.15) is 0 Å². The van der Waals surface area contributed by atoms with Crippen LogP contribution in [0.2, 0.25) is 0 Å². The van der Waals surface area contributed by atoms with Gasteiger partial charge in [-0.15, -0.1) is 0 Å². The Morgan fingerprint density at radius 2 is 1.73 bits per heavy atom. The molecule has 2 unspecified atom stereocenters. The fourth-order valence-electron chi connectivity index (χ4n) is 1.63. The van der Waals surface area contributed by atoms with Crippen LogP contribution in [0.1, 0.15) is 47.0 Å². The molecule has 0 radical (unpaired) electrons. The Bertz CT molecular complexity index is 180. The monoisotopic (exact) mass is 214 g/mol. The standard InChI is InChI=1S/C12H26N2O/c1-9(2)7-6-8-10(3)14-11(4)12(15)13-5/h9-11,14H,6-8H2,1-5H3,(H,13,15). The normalized spacial score (nSPS) is 15.1. The van der Waals surface area contributed by atoms with E-state index in [9.17, 15) is 4.79 Å². The summed E-state index contributed by atoms with van der Waals surface area (Å²) in [6.07, 6.45) is 3.63. The van der Waals surface area contributed by atoms with E-state index in [2.05, 4.69) is 31.4 Å². The Balaban J connectivity index is 3.64. The summed E-state index contributed by atoms with van der Waals surface area (Å²) in [7, 11) is 1.67. The predicted octanol–water partition coefficient (Wildman–Crippen LogP) is 1.93. The number of nitrogens with one attached hydrogen (secondary N) is 2. The molecule has 0 fully saturated rings. The molecule has 1 amide bonds. The molecule has 0 aliphatic rings. The highest BCUT2D eigenvalue weighted by molar-refractivity contribution is 5.80. The first-order valence-electron chi connectivity index (χ1n) is 5.95. The van der Waals surface area contributed by atoms with Gasteiger partial charge in [-0.25, -0.2) is 0 Å². The number of hydrogen-bond donors (Lipinski definition) is 2. The van der Waals surface area contributed by atoms with Crippen molar-refractivity contribution in [3.8, 4) is 0 Å². The summed E-state index contributed by atoms with van der Waals surface area (Å²) in [4.78, 5) is 11.3. The van der Waals surface area contributed by atoms with Gasteiger partial charge < -0.3 is 10.6 Å². The molecule has 0 rings (SSSR count). The van der Waals surface area contributed by atoms with Crippen molar-refractivity contribution in [2.75, 3.05) is 7.05 Å². The van der Waals surface area contributed by atoms with Crippen LogP contribution in [-0.4, -0.2) is 25.0 Å². The highest BCUT2D eigenvalue weighted by Crippen LogP contribution is 2.08. The third-order valence-corrected chi connectivity index (χ3v) is 2.59. The van der Waals surface area contributed by atoms with E-state index < -0.39 is 0 Å².